The molecule has 98 valence electrons. The maximum absolute atomic E-state index is 4.50. The van der Waals surface area contributed by atoms with Crippen molar-refractivity contribution in [3.05, 3.63) is 17.5 Å². The first-order valence-corrected chi connectivity index (χ1v) is 6.96. The van der Waals surface area contributed by atoms with Gasteiger partial charge in [-0.05, 0) is 38.3 Å². The van der Waals surface area contributed by atoms with Crippen molar-refractivity contribution in [3.8, 4) is 0 Å². The van der Waals surface area contributed by atoms with Gasteiger partial charge in [0.15, 0.2) is 0 Å². The summed E-state index contributed by atoms with van der Waals surface area (Å²) in [7, 11) is 2.05. The minimum atomic E-state index is 0.657. The number of hydrogen-bond acceptors (Lipinski definition) is 2. The van der Waals surface area contributed by atoms with Crippen LogP contribution in [0.25, 0.3) is 0 Å². The third-order valence-corrected chi connectivity index (χ3v) is 3.27. The summed E-state index contributed by atoms with van der Waals surface area (Å²) in [4.78, 5) is 0. The third kappa shape index (κ3) is 4.50. The molecule has 1 unspecified atom stereocenters. The fraction of sp³-hybridized carbons (Fsp3) is 0.786. The molecule has 1 atom stereocenters. The second kappa shape index (κ2) is 7.49. The van der Waals surface area contributed by atoms with Crippen molar-refractivity contribution < 1.29 is 0 Å². The molecule has 0 aromatic carbocycles. The van der Waals surface area contributed by atoms with Crippen LogP contribution in [0.5, 0.6) is 0 Å². The summed E-state index contributed by atoms with van der Waals surface area (Å²) in [6, 6.07) is 2.90. The Hall–Kier alpha value is -0.830. The predicted octanol–water partition coefficient (Wildman–Crippen LogP) is 2.69. The van der Waals surface area contributed by atoms with Crippen molar-refractivity contribution in [2.45, 2.75) is 58.9 Å². The van der Waals surface area contributed by atoms with Gasteiger partial charge < -0.3 is 5.32 Å². The summed E-state index contributed by atoms with van der Waals surface area (Å²) in [5.74, 6) is 0. The van der Waals surface area contributed by atoms with Gasteiger partial charge in [0.05, 0.1) is 5.69 Å². The predicted molar refractivity (Wildman–Crippen MR) is 73.3 cm³/mol. The molecule has 1 aromatic heterocycles. The molecule has 1 aromatic rings. The Balaban J connectivity index is 2.49. The van der Waals surface area contributed by atoms with Crippen LogP contribution < -0.4 is 5.32 Å². The molecular weight excluding hydrogens is 210 g/mol. The summed E-state index contributed by atoms with van der Waals surface area (Å²) in [6.07, 6.45) is 5.89. The van der Waals surface area contributed by atoms with Gasteiger partial charge in [-0.25, -0.2) is 0 Å². The lowest BCUT2D eigenvalue weighted by molar-refractivity contribution is 0.454. The van der Waals surface area contributed by atoms with Crippen LogP contribution >= 0.6 is 0 Å². The zero-order chi connectivity index (χ0) is 12.7. The SMILES string of the molecule is CCCC(CCc1cc(CC)nn1C)NCC. The molecule has 0 saturated carbocycles. The molecule has 0 aliphatic heterocycles. The van der Waals surface area contributed by atoms with Gasteiger partial charge in [0.2, 0.25) is 0 Å². The second-order valence-electron chi connectivity index (χ2n) is 4.69. The van der Waals surface area contributed by atoms with E-state index in [0.717, 1.165) is 19.4 Å². The molecule has 1 rings (SSSR count). The molecule has 3 heteroatoms. The summed E-state index contributed by atoms with van der Waals surface area (Å²) >= 11 is 0. The molecule has 0 aliphatic rings. The van der Waals surface area contributed by atoms with Gasteiger partial charge in [-0.1, -0.05) is 27.2 Å². The summed E-state index contributed by atoms with van der Waals surface area (Å²) in [5.41, 5.74) is 2.57. The van der Waals surface area contributed by atoms with Gasteiger partial charge in [-0.2, -0.15) is 5.10 Å². The standard InChI is InChI=1S/C14H27N3/c1-5-8-13(15-7-3)9-10-14-11-12(6-2)16-17(14)4/h11,13,15H,5-10H2,1-4H3. The molecule has 1 N–H and O–H groups in total. The van der Waals surface area contributed by atoms with Crippen molar-refractivity contribution in [1.29, 1.82) is 0 Å². The van der Waals surface area contributed by atoms with Gasteiger partial charge >= 0.3 is 0 Å². The van der Waals surface area contributed by atoms with Crippen molar-refractivity contribution in [1.82, 2.24) is 15.1 Å². The van der Waals surface area contributed by atoms with Crippen LogP contribution in [-0.4, -0.2) is 22.4 Å². The lowest BCUT2D eigenvalue weighted by Crippen LogP contribution is -2.29. The van der Waals surface area contributed by atoms with Gasteiger partial charge in [-0.15, -0.1) is 0 Å². The highest BCUT2D eigenvalue weighted by Crippen LogP contribution is 2.10. The Morgan fingerprint density at radius 2 is 2.06 bits per heavy atom. The molecular formula is C14H27N3. The number of rotatable bonds is 8. The minimum absolute atomic E-state index is 0.657. The molecule has 0 fully saturated rings. The summed E-state index contributed by atoms with van der Waals surface area (Å²) < 4.78 is 2.04. The summed E-state index contributed by atoms with van der Waals surface area (Å²) in [5, 5.41) is 8.06. The molecule has 0 spiro atoms. The van der Waals surface area contributed by atoms with Gasteiger partial charge in [0.25, 0.3) is 0 Å². The number of nitrogens with one attached hydrogen (secondary N) is 1. The van der Waals surface area contributed by atoms with Crippen LogP contribution in [0.2, 0.25) is 0 Å². The average molecular weight is 237 g/mol. The van der Waals surface area contributed by atoms with Gasteiger partial charge in [0.1, 0.15) is 0 Å². The van der Waals surface area contributed by atoms with Crippen molar-refractivity contribution in [3.63, 3.8) is 0 Å². The third-order valence-electron chi connectivity index (χ3n) is 3.27. The lowest BCUT2D eigenvalue weighted by Gasteiger charge is -2.16. The molecule has 0 amide bonds. The maximum Gasteiger partial charge on any atom is 0.0624 e. The number of hydrogen-bond donors (Lipinski definition) is 1. The van der Waals surface area contributed by atoms with E-state index in [9.17, 15) is 0 Å². The molecule has 3 nitrogen and oxygen atoms in total. The Kier molecular flexibility index (Phi) is 6.27. The molecule has 0 radical (unpaired) electrons. The minimum Gasteiger partial charge on any atom is -0.314 e. The Bertz CT molecular complexity index is 311. The highest BCUT2D eigenvalue weighted by Gasteiger charge is 2.09. The van der Waals surface area contributed by atoms with Crippen LogP contribution in [0.4, 0.5) is 0 Å². The van der Waals surface area contributed by atoms with Gasteiger partial charge in [0, 0.05) is 18.8 Å². The Morgan fingerprint density at radius 3 is 2.59 bits per heavy atom. The van der Waals surface area contributed by atoms with Crippen LogP contribution in [0.15, 0.2) is 6.07 Å². The number of aromatic nitrogens is 2. The Labute approximate surface area is 106 Å². The van der Waals surface area contributed by atoms with Crippen molar-refractivity contribution in [2.75, 3.05) is 6.54 Å². The fourth-order valence-corrected chi connectivity index (χ4v) is 2.29. The van der Waals surface area contributed by atoms with E-state index in [1.54, 1.807) is 0 Å². The Morgan fingerprint density at radius 1 is 1.29 bits per heavy atom. The molecule has 17 heavy (non-hydrogen) atoms. The molecule has 0 bridgehead atoms. The van der Waals surface area contributed by atoms with E-state index in [1.807, 2.05) is 4.68 Å². The fourth-order valence-electron chi connectivity index (χ4n) is 2.29. The van der Waals surface area contributed by atoms with E-state index in [2.05, 4.69) is 44.3 Å². The summed E-state index contributed by atoms with van der Waals surface area (Å²) in [6.45, 7) is 7.66. The molecule has 0 saturated heterocycles. The number of nitrogens with zero attached hydrogens (tertiary/aromatic N) is 2. The van der Waals surface area contributed by atoms with Gasteiger partial charge in [-0.3, -0.25) is 4.68 Å². The van der Waals surface area contributed by atoms with Crippen LogP contribution in [0.3, 0.4) is 0 Å². The zero-order valence-electron chi connectivity index (χ0n) is 11.8. The molecule has 0 aliphatic carbocycles. The van der Waals surface area contributed by atoms with E-state index in [0.29, 0.717) is 6.04 Å². The van der Waals surface area contributed by atoms with E-state index in [1.165, 1.54) is 30.7 Å². The monoisotopic (exact) mass is 237 g/mol. The maximum atomic E-state index is 4.50. The first kappa shape index (κ1) is 14.2. The van der Waals surface area contributed by atoms with Crippen molar-refractivity contribution in [2.24, 2.45) is 7.05 Å². The largest absolute Gasteiger partial charge is 0.314 e. The highest BCUT2D eigenvalue weighted by molar-refractivity contribution is 5.10. The lowest BCUT2D eigenvalue weighted by atomic mass is 10.0. The zero-order valence-corrected chi connectivity index (χ0v) is 11.8. The number of aryl methyl sites for hydroxylation is 3. The second-order valence-corrected chi connectivity index (χ2v) is 4.69. The molecule has 1 heterocycles. The highest BCUT2D eigenvalue weighted by atomic mass is 15.3. The topological polar surface area (TPSA) is 29.9 Å². The van der Waals surface area contributed by atoms with Crippen LogP contribution in [0.1, 0.15) is 51.4 Å². The van der Waals surface area contributed by atoms with E-state index >= 15 is 0 Å². The first-order chi connectivity index (χ1) is 8.21. The van der Waals surface area contributed by atoms with Crippen LogP contribution in [-0.2, 0) is 19.9 Å². The van der Waals surface area contributed by atoms with E-state index < -0.39 is 0 Å². The van der Waals surface area contributed by atoms with Crippen LogP contribution in [0, 0.1) is 0 Å². The smallest absolute Gasteiger partial charge is 0.0624 e. The van der Waals surface area contributed by atoms with E-state index in [-0.39, 0.29) is 0 Å². The first-order valence-electron chi connectivity index (χ1n) is 6.96. The average Bonchev–Trinajstić information content (AvgIpc) is 2.68. The van der Waals surface area contributed by atoms with Crippen molar-refractivity contribution >= 4 is 0 Å². The normalized spacial score (nSPS) is 12.9. The van der Waals surface area contributed by atoms with E-state index in [4.69, 9.17) is 0 Å². The quantitative estimate of drug-likeness (QED) is 0.753.